The van der Waals surface area contributed by atoms with E-state index in [1.165, 1.54) is 25.1 Å². The number of aliphatic hydroxyl groups is 17. The van der Waals surface area contributed by atoms with Gasteiger partial charge in [0.2, 0.25) is 11.7 Å². The van der Waals surface area contributed by atoms with Gasteiger partial charge in [0.15, 0.2) is 24.2 Å². The summed E-state index contributed by atoms with van der Waals surface area (Å²) < 4.78 is 45.8. The van der Waals surface area contributed by atoms with Crippen molar-refractivity contribution < 1.29 is 134 Å². The first-order valence-electron chi connectivity index (χ1n) is 31.3. The number of aryl methyl sites for hydroxylation is 1. The second kappa shape index (κ2) is 36.1. The minimum atomic E-state index is -2.69. The number of aliphatic hydroxyl groups excluding tert-OH is 15. The van der Waals surface area contributed by atoms with Crippen molar-refractivity contribution in [2.24, 2.45) is 17.8 Å². The standard InChI is InChI=1S/C63H97N3O27/c1-32-18-16-14-12-10-8-6-7-9-11-13-15-17-19-40(89-60-54(79)50(52(77)36(5)88-60)64-31-63(85)58(82)57(44(74)30-86-63)91-61-56(81)55(80)53(78)46(29-67)90-61)26-45-49(59(83)65-47-22-33(2)93-66-47)43(73)28-62(84,92-45)27-39(70)24-42(72)41(71)21-20-37(68)23-38(69)25-48(75)87-35(4)34(3)51(32)76/h6-19,22,32,34-46,49-58,60-61,64,67-74,76-82,84-85H,20-21,23-31H2,1-5H3,(H,65,66,83)/t32-,34-,35-,36+,37+,38+,39-,40-,41+,42+,43-,44+,45?,46+,49?,50-,51+,52+,53+,54-,55-,56+,57+,58-,60?,61?,62+,63+/m0/s1. The van der Waals surface area contributed by atoms with Crippen LogP contribution in [-0.2, 0) is 42.7 Å². The van der Waals surface area contributed by atoms with E-state index < -0.39 is 228 Å². The van der Waals surface area contributed by atoms with Crippen LogP contribution in [0.5, 0.6) is 0 Å². The highest BCUT2D eigenvalue weighted by atomic mass is 16.7. The number of hydrogen-bond acceptors (Lipinski definition) is 29. The number of fused-ring (bicyclic) bond motifs is 2. The molecular formula is C63H97N3O27. The largest absolute Gasteiger partial charge is 0.462 e. The van der Waals surface area contributed by atoms with Crippen molar-refractivity contribution in [3.63, 3.8) is 0 Å². The molecule has 0 saturated carbocycles. The molecular weight excluding hydrogens is 1230 g/mol. The van der Waals surface area contributed by atoms with Gasteiger partial charge < -0.3 is 135 Å². The number of amides is 1. The third kappa shape index (κ3) is 22.2. The molecule has 0 spiro atoms. The zero-order valence-electron chi connectivity index (χ0n) is 52.6. The van der Waals surface area contributed by atoms with E-state index in [1.54, 1.807) is 101 Å². The average Bonchev–Trinajstić information content (AvgIpc) is 0.920. The molecule has 0 radical (unpaired) electrons. The van der Waals surface area contributed by atoms with Gasteiger partial charge in [0.25, 0.3) is 0 Å². The number of carbonyl (C=O) groups excluding carboxylic acids is 2. The lowest BCUT2D eigenvalue weighted by Crippen LogP contribution is -2.70. The Hall–Kier alpha value is -4.63. The number of rotatable bonds is 10. The summed E-state index contributed by atoms with van der Waals surface area (Å²) in [6.45, 7) is 5.80. The molecule has 30 heteroatoms. The second-order valence-corrected chi connectivity index (χ2v) is 24.8. The summed E-state index contributed by atoms with van der Waals surface area (Å²) in [5.41, 5.74) is 0. The minimum Gasteiger partial charge on any atom is -0.462 e. The molecule has 93 heavy (non-hydrogen) atoms. The van der Waals surface area contributed by atoms with E-state index in [0.29, 0.717) is 5.76 Å². The molecule has 6 heterocycles. The van der Waals surface area contributed by atoms with Crippen LogP contribution in [0, 0.1) is 24.7 Å². The Balaban J connectivity index is 1.26. The maximum absolute atomic E-state index is 14.2. The molecule has 4 fully saturated rings. The van der Waals surface area contributed by atoms with Crippen LogP contribution in [0.2, 0.25) is 0 Å². The van der Waals surface area contributed by atoms with Crippen molar-refractivity contribution in [1.82, 2.24) is 10.5 Å². The van der Waals surface area contributed by atoms with Gasteiger partial charge in [-0.05, 0) is 40.0 Å². The molecule has 5 aliphatic rings. The Bertz CT molecular complexity index is 2670. The summed E-state index contributed by atoms with van der Waals surface area (Å²) in [5, 5.41) is 197. The summed E-state index contributed by atoms with van der Waals surface area (Å²) in [7, 11) is 0. The first-order valence-corrected chi connectivity index (χ1v) is 31.3. The number of aromatic nitrogens is 1. The van der Waals surface area contributed by atoms with Crippen LogP contribution in [0.3, 0.4) is 0 Å². The van der Waals surface area contributed by atoms with Crippen molar-refractivity contribution in [3.8, 4) is 0 Å². The van der Waals surface area contributed by atoms with Crippen LogP contribution >= 0.6 is 0 Å². The van der Waals surface area contributed by atoms with Crippen LogP contribution in [0.25, 0.3) is 0 Å². The molecule has 30 nitrogen and oxygen atoms in total. The molecule has 2 bridgehead atoms. The van der Waals surface area contributed by atoms with Crippen LogP contribution < -0.4 is 10.6 Å². The molecule has 5 aliphatic heterocycles. The number of carbonyl (C=O) groups is 2. The van der Waals surface area contributed by atoms with E-state index in [0.717, 1.165) is 0 Å². The molecule has 1 aromatic heterocycles. The van der Waals surface area contributed by atoms with Gasteiger partial charge in [-0.15, -0.1) is 0 Å². The molecule has 1 amide bonds. The quantitative estimate of drug-likeness (QED) is 0.103. The van der Waals surface area contributed by atoms with Crippen LogP contribution in [-0.4, -0.2) is 276 Å². The molecule has 4 saturated heterocycles. The molecule has 19 N–H and O–H groups in total. The number of nitrogens with one attached hydrogen (secondary N) is 2. The van der Waals surface area contributed by atoms with Gasteiger partial charge in [-0.2, -0.15) is 0 Å². The number of allylic oxidation sites excluding steroid dienone is 12. The van der Waals surface area contributed by atoms with Crippen LogP contribution in [0.1, 0.15) is 84.8 Å². The summed E-state index contributed by atoms with van der Waals surface area (Å²) in [4.78, 5) is 27.0. The number of nitrogens with zero attached hydrogens (tertiary/aromatic N) is 1. The van der Waals surface area contributed by atoms with E-state index in [4.69, 9.17) is 37.7 Å². The predicted molar refractivity (Wildman–Crippen MR) is 325 cm³/mol. The minimum absolute atomic E-state index is 0.0434. The fourth-order valence-electron chi connectivity index (χ4n) is 11.6. The number of cyclic esters (lactones) is 1. The normalized spacial score (nSPS) is 43.0. The number of hydrogen-bond donors (Lipinski definition) is 19. The fourth-order valence-corrected chi connectivity index (χ4v) is 11.6. The maximum atomic E-state index is 14.2. The third-order valence-electron chi connectivity index (χ3n) is 17.3. The van der Waals surface area contributed by atoms with Gasteiger partial charge in [-0.25, -0.2) is 0 Å². The van der Waals surface area contributed by atoms with E-state index >= 15 is 0 Å². The van der Waals surface area contributed by atoms with Crippen molar-refractivity contribution >= 4 is 17.7 Å². The van der Waals surface area contributed by atoms with E-state index in [1.807, 2.05) is 0 Å². The Kier molecular flexibility index (Phi) is 30.0. The Morgan fingerprint density at radius 3 is 1.89 bits per heavy atom. The highest BCUT2D eigenvalue weighted by Crippen LogP contribution is 2.39. The molecule has 526 valence electrons. The van der Waals surface area contributed by atoms with E-state index in [9.17, 15) is 96.4 Å². The number of ether oxygens (including phenoxy) is 7. The van der Waals surface area contributed by atoms with Gasteiger partial charge in [-0.3, -0.25) is 9.59 Å². The lowest BCUT2D eigenvalue weighted by atomic mass is 9.82. The summed E-state index contributed by atoms with van der Waals surface area (Å²) in [6, 6.07) is -0.0923. The van der Waals surface area contributed by atoms with Gasteiger partial charge >= 0.3 is 5.97 Å². The average molecular weight is 1330 g/mol. The monoisotopic (exact) mass is 1330 g/mol. The van der Waals surface area contributed by atoms with Crippen LogP contribution in [0.15, 0.2) is 95.7 Å². The molecule has 1 aromatic rings. The number of anilines is 1. The first-order chi connectivity index (χ1) is 43.9. The van der Waals surface area contributed by atoms with Crippen molar-refractivity contribution in [2.75, 3.05) is 25.1 Å². The molecule has 0 aromatic carbocycles. The van der Waals surface area contributed by atoms with Crippen molar-refractivity contribution in [1.29, 1.82) is 0 Å². The lowest BCUT2D eigenvalue weighted by molar-refractivity contribution is -0.368. The van der Waals surface area contributed by atoms with E-state index in [2.05, 4.69) is 15.8 Å². The van der Waals surface area contributed by atoms with Crippen molar-refractivity contribution in [3.05, 3.63) is 96.9 Å². The van der Waals surface area contributed by atoms with Gasteiger partial charge in [-0.1, -0.05) is 104 Å². The first kappa shape index (κ1) is 77.4. The van der Waals surface area contributed by atoms with Gasteiger partial charge in [0.05, 0.1) is 105 Å². The number of esters is 1. The Labute approximate surface area is 538 Å². The summed E-state index contributed by atoms with van der Waals surface area (Å²) in [5.74, 6) is -8.89. The van der Waals surface area contributed by atoms with E-state index in [-0.39, 0.29) is 31.0 Å². The zero-order valence-corrected chi connectivity index (χ0v) is 52.6. The van der Waals surface area contributed by atoms with Gasteiger partial charge in [0, 0.05) is 43.6 Å². The topological polar surface area (TPSA) is 493 Å². The molecule has 28 atom stereocenters. The summed E-state index contributed by atoms with van der Waals surface area (Å²) >= 11 is 0. The Morgan fingerprint density at radius 2 is 1.27 bits per heavy atom. The highest BCUT2D eigenvalue weighted by Gasteiger charge is 2.55. The fraction of sp³-hybridized carbons (Fsp3) is 0.698. The Morgan fingerprint density at radius 1 is 0.645 bits per heavy atom. The highest BCUT2D eigenvalue weighted by molar-refractivity contribution is 5.92. The lowest BCUT2D eigenvalue weighted by Gasteiger charge is -2.48. The zero-order chi connectivity index (χ0) is 68.5. The van der Waals surface area contributed by atoms with Crippen LogP contribution in [0.4, 0.5) is 5.82 Å². The smallest absolute Gasteiger partial charge is 0.308 e. The van der Waals surface area contributed by atoms with Crippen molar-refractivity contribution in [2.45, 2.75) is 238 Å². The second-order valence-electron chi connectivity index (χ2n) is 24.8. The van der Waals surface area contributed by atoms with Gasteiger partial charge in [0.1, 0.15) is 60.7 Å². The third-order valence-corrected chi connectivity index (χ3v) is 17.3. The SMILES string of the molecule is Cc1cc(NC(=O)C2C3C[C@@H](OC4O[C@H](C)[C@@H](O)[C@H](NC[C@@]5(O)OC[C@@H](O)[C@@H](OC6O[C@H](CO)[C@@H](O)[C@H](O)[C@H]6O)[C@@H]5O)[C@@H]4O)C=CC=CC=CC=CC=CC=CC=C[C@H](C)[C@@H](O)[C@@H](C)[C@H](C)OC(=O)C[C@H](O)C[C@H](O)CC[C@@H](O)[C@H](O)C[C@H](O)C[C@](O)(C[C@@H]2O)O3)no1. The predicted octanol–water partition coefficient (Wildman–Crippen LogP) is -3.18. The molecule has 6 rings (SSSR count). The summed E-state index contributed by atoms with van der Waals surface area (Å²) in [6.07, 6.45) is -14.5. The molecule has 4 unspecified atom stereocenters. The maximum Gasteiger partial charge on any atom is 0.308 e. The molecule has 0 aliphatic carbocycles.